The van der Waals surface area contributed by atoms with E-state index < -0.39 is 5.97 Å². The molecule has 0 unspecified atom stereocenters. The molecule has 5 heteroatoms. The highest BCUT2D eigenvalue weighted by molar-refractivity contribution is 5.96. The molecule has 5 nitrogen and oxygen atoms in total. The van der Waals surface area contributed by atoms with Gasteiger partial charge in [-0.1, -0.05) is 18.2 Å². The normalized spacial score (nSPS) is 9.68. The van der Waals surface area contributed by atoms with E-state index in [4.69, 9.17) is 5.11 Å². The maximum Gasteiger partial charge on any atom is 0.335 e. The minimum atomic E-state index is -1.02. The summed E-state index contributed by atoms with van der Waals surface area (Å²) in [5, 5.41) is 8.75. The van der Waals surface area contributed by atoms with E-state index in [1.165, 1.54) is 24.3 Å². The van der Waals surface area contributed by atoms with Crippen molar-refractivity contribution in [2.75, 3.05) is 5.43 Å². The molecule has 2 rings (SSSR count). The fraction of sp³-hybridized carbons (Fsp3) is 0. The summed E-state index contributed by atoms with van der Waals surface area (Å²) in [5.74, 6) is -1.35. The van der Waals surface area contributed by atoms with E-state index in [0.717, 1.165) is 5.69 Å². The van der Waals surface area contributed by atoms with Gasteiger partial charge in [0.2, 0.25) is 0 Å². The fourth-order valence-electron chi connectivity index (χ4n) is 1.49. The first-order chi connectivity index (χ1) is 9.16. The van der Waals surface area contributed by atoms with Crippen LogP contribution >= 0.6 is 0 Å². The van der Waals surface area contributed by atoms with Gasteiger partial charge in [-0.15, -0.1) is 0 Å². The van der Waals surface area contributed by atoms with Gasteiger partial charge < -0.3 is 5.11 Å². The summed E-state index contributed by atoms with van der Waals surface area (Å²) in [4.78, 5) is 22.5. The summed E-state index contributed by atoms with van der Waals surface area (Å²) in [6.07, 6.45) is 0. The van der Waals surface area contributed by atoms with E-state index in [0.29, 0.717) is 5.56 Å². The van der Waals surface area contributed by atoms with E-state index in [1.54, 1.807) is 0 Å². The first-order valence-electron chi connectivity index (χ1n) is 5.61. The molecule has 0 saturated heterocycles. The van der Waals surface area contributed by atoms with Crippen molar-refractivity contribution in [2.24, 2.45) is 0 Å². The van der Waals surface area contributed by atoms with Crippen molar-refractivity contribution in [1.29, 1.82) is 0 Å². The van der Waals surface area contributed by atoms with E-state index in [-0.39, 0.29) is 11.5 Å². The van der Waals surface area contributed by atoms with Gasteiger partial charge in [0.05, 0.1) is 11.3 Å². The van der Waals surface area contributed by atoms with Gasteiger partial charge in [-0.3, -0.25) is 15.6 Å². The van der Waals surface area contributed by atoms with Gasteiger partial charge >= 0.3 is 5.97 Å². The Hall–Kier alpha value is -2.82. The number of anilines is 1. The van der Waals surface area contributed by atoms with Gasteiger partial charge in [0.1, 0.15) is 0 Å². The molecule has 2 aromatic rings. The Balaban J connectivity index is 1.98. The molecule has 0 atom stereocenters. The van der Waals surface area contributed by atoms with Crippen LogP contribution in [-0.2, 0) is 0 Å². The van der Waals surface area contributed by atoms with Crippen LogP contribution in [0.2, 0.25) is 0 Å². The molecule has 0 heterocycles. The minimum absolute atomic E-state index is 0.146. The van der Waals surface area contributed by atoms with Gasteiger partial charge in [-0.25, -0.2) is 4.79 Å². The molecule has 0 fully saturated rings. The molecule has 0 aliphatic rings. The molecule has 0 aliphatic heterocycles. The summed E-state index contributed by atoms with van der Waals surface area (Å²) < 4.78 is 0. The van der Waals surface area contributed by atoms with Crippen LogP contribution in [0.4, 0.5) is 5.69 Å². The van der Waals surface area contributed by atoms with Crippen LogP contribution in [0.3, 0.4) is 0 Å². The molecular formula is C14H12N2O3. The Kier molecular flexibility index (Phi) is 3.78. The highest BCUT2D eigenvalue weighted by Gasteiger charge is 2.07. The number of hydrogen-bond acceptors (Lipinski definition) is 3. The van der Waals surface area contributed by atoms with Crippen molar-refractivity contribution in [3.8, 4) is 0 Å². The third kappa shape index (κ3) is 3.32. The average Bonchev–Trinajstić information content (AvgIpc) is 2.46. The third-order valence-electron chi connectivity index (χ3n) is 2.49. The molecule has 0 aromatic heterocycles. The number of amides is 1. The topological polar surface area (TPSA) is 78.4 Å². The molecule has 3 N–H and O–H groups in total. The number of aromatic carboxylic acids is 1. The fourth-order valence-corrected chi connectivity index (χ4v) is 1.49. The van der Waals surface area contributed by atoms with Crippen LogP contribution in [0.15, 0.2) is 54.6 Å². The standard InChI is InChI=1S/C14H12N2O3/c17-13(16-15-12-4-2-1-3-5-12)10-6-8-11(9-7-10)14(18)19/h1-9,15H,(H,16,17)(H,18,19). The Bertz CT molecular complexity index is 579. The molecule has 0 spiro atoms. The second-order valence-electron chi connectivity index (χ2n) is 3.83. The van der Waals surface area contributed by atoms with Crippen LogP contribution < -0.4 is 10.9 Å². The van der Waals surface area contributed by atoms with Crippen LogP contribution in [0.1, 0.15) is 20.7 Å². The second-order valence-corrected chi connectivity index (χ2v) is 3.83. The first kappa shape index (κ1) is 12.6. The molecule has 19 heavy (non-hydrogen) atoms. The molecule has 1 amide bonds. The Morgan fingerprint density at radius 1 is 0.842 bits per heavy atom. The summed E-state index contributed by atoms with van der Waals surface area (Å²) in [6.45, 7) is 0. The zero-order valence-corrected chi connectivity index (χ0v) is 9.96. The summed E-state index contributed by atoms with van der Waals surface area (Å²) in [5.41, 5.74) is 6.58. The highest BCUT2D eigenvalue weighted by Crippen LogP contribution is 2.06. The first-order valence-corrected chi connectivity index (χ1v) is 5.61. The number of carboxylic acid groups (broad SMARTS) is 1. The lowest BCUT2D eigenvalue weighted by Crippen LogP contribution is -2.29. The van der Waals surface area contributed by atoms with Crippen molar-refractivity contribution in [3.63, 3.8) is 0 Å². The molecule has 0 aliphatic carbocycles. The zero-order valence-electron chi connectivity index (χ0n) is 9.96. The average molecular weight is 256 g/mol. The Morgan fingerprint density at radius 2 is 1.42 bits per heavy atom. The number of benzene rings is 2. The van der Waals surface area contributed by atoms with E-state index in [2.05, 4.69) is 10.9 Å². The maximum atomic E-state index is 11.8. The molecule has 96 valence electrons. The second kappa shape index (κ2) is 5.68. The number of nitrogens with one attached hydrogen (secondary N) is 2. The van der Waals surface area contributed by atoms with Crippen molar-refractivity contribution >= 4 is 17.6 Å². The zero-order chi connectivity index (χ0) is 13.7. The molecule has 0 saturated carbocycles. The molecule has 0 bridgehead atoms. The SMILES string of the molecule is O=C(O)c1ccc(C(=O)NNc2ccccc2)cc1. The van der Waals surface area contributed by atoms with Crippen molar-refractivity contribution in [3.05, 3.63) is 65.7 Å². The van der Waals surface area contributed by atoms with E-state index >= 15 is 0 Å². The van der Waals surface area contributed by atoms with Gasteiger partial charge in [-0.05, 0) is 36.4 Å². The molecular weight excluding hydrogens is 244 g/mol. The summed E-state index contributed by atoms with van der Waals surface area (Å²) in [6, 6.07) is 14.9. The van der Waals surface area contributed by atoms with Crippen molar-refractivity contribution in [2.45, 2.75) is 0 Å². The van der Waals surface area contributed by atoms with Gasteiger partial charge in [0, 0.05) is 5.56 Å². The number of carbonyl (C=O) groups is 2. The van der Waals surface area contributed by atoms with Crippen LogP contribution in [0.5, 0.6) is 0 Å². The number of carboxylic acids is 1. The number of para-hydroxylation sites is 1. The summed E-state index contributed by atoms with van der Waals surface area (Å²) >= 11 is 0. The number of rotatable bonds is 4. The van der Waals surface area contributed by atoms with Gasteiger partial charge in [0.25, 0.3) is 5.91 Å². The number of hydrazine groups is 1. The molecule has 2 aromatic carbocycles. The van der Waals surface area contributed by atoms with E-state index in [9.17, 15) is 9.59 Å². The van der Waals surface area contributed by atoms with Crippen LogP contribution in [0, 0.1) is 0 Å². The largest absolute Gasteiger partial charge is 0.478 e. The molecule has 0 radical (unpaired) electrons. The number of hydrogen-bond donors (Lipinski definition) is 3. The minimum Gasteiger partial charge on any atom is -0.478 e. The predicted molar refractivity (Wildman–Crippen MR) is 70.9 cm³/mol. The Labute approximate surface area is 109 Å². The quantitative estimate of drug-likeness (QED) is 0.732. The lowest BCUT2D eigenvalue weighted by Gasteiger charge is -2.08. The summed E-state index contributed by atoms with van der Waals surface area (Å²) in [7, 11) is 0. The lowest BCUT2D eigenvalue weighted by atomic mass is 10.1. The highest BCUT2D eigenvalue weighted by atomic mass is 16.4. The lowest BCUT2D eigenvalue weighted by molar-refractivity contribution is 0.0696. The maximum absolute atomic E-state index is 11.8. The monoisotopic (exact) mass is 256 g/mol. The smallest absolute Gasteiger partial charge is 0.335 e. The predicted octanol–water partition coefficient (Wildman–Crippen LogP) is 2.14. The van der Waals surface area contributed by atoms with Crippen molar-refractivity contribution in [1.82, 2.24) is 5.43 Å². The van der Waals surface area contributed by atoms with E-state index in [1.807, 2.05) is 30.3 Å². The van der Waals surface area contributed by atoms with Crippen LogP contribution in [-0.4, -0.2) is 17.0 Å². The third-order valence-corrected chi connectivity index (χ3v) is 2.49. The van der Waals surface area contributed by atoms with Gasteiger partial charge in [-0.2, -0.15) is 0 Å². The number of carbonyl (C=O) groups excluding carboxylic acids is 1. The Morgan fingerprint density at radius 3 is 2.00 bits per heavy atom. The van der Waals surface area contributed by atoms with Crippen molar-refractivity contribution < 1.29 is 14.7 Å². The van der Waals surface area contributed by atoms with Crippen LogP contribution in [0.25, 0.3) is 0 Å². The van der Waals surface area contributed by atoms with Gasteiger partial charge in [0.15, 0.2) is 0 Å².